The number of ketones is 1. The number of Topliss-reactive ketones (excluding diaryl/α,β-unsaturated/α-hetero) is 1. The fraction of sp³-hybridized carbons (Fsp3) is 0.812. The number of nitrogens with one attached hydrogen (secondary N) is 1. The van der Waals surface area contributed by atoms with Gasteiger partial charge in [0.2, 0.25) is 11.7 Å². The van der Waals surface area contributed by atoms with E-state index < -0.39 is 11.7 Å². The number of carbonyl (C=O) groups excluding carboxylic acids is 3. The van der Waals surface area contributed by atoms with E-state index in [0.717, 1.165) is 19.1 Å². The van der Waals surface area contributed by atoms with Crippen molar-refractivity contribution in [1.29, 1.82) is 0 Å². The third-order valence-corrected chi connectivity index (χ3v) is 4.71. The third-order valence-electron chi connectivity index (χ3n) is 4.71. The summed E-state index contributed by atoms with van der Waals surface area (Å²) in [6.45, 7) is 6.97. The van der Waals surface area contributed by atoms with Crippen LogP contribution in [-0.2, 0) is 14.4 Å². The van der Waals surface area contributed by atoms with Crippen LogP contribution in [0.15, 0.2) is 0 Å². The van der Waals surface area contributed by atoms with Crippen molar-refractivity contribution in [2.24, 2.45) is 5.92 Å². The van der Waals surface area contributed by atoms with E-state index in [2.05, 4.69) is 10.2 Å². The van der Waals surface area contributed by atoms with Crippen molar-refractivity contribution < 1.29 is 14.4 Å². The Bertz CT molecular complexity index is 422. The van der Waals surface area contributed by atoms with Crippen LogP contribution in [0.3, 0.4) is 0 Å². The van der Waals surface area contributed by atoms with Crippen LogP contribution < -0.4 is 5.32 Å². The predicted molar refractivity (Wildman–Crippen MR) is 83.3 cm³/mol. The Morgan fingerprint density at radius 3 is 2.14 bits per heavy atom. The lowest BCUT2D eigenvalue weighted by Gasteiger charge is -2.34. The molecule has 0 atom stereocenters. The van der Waals surface area contributed by atoms with Gasteiger partial charge in [-0.15, -0.1) is 0 Å². The number of hydrogen-bond donors (Lipinski definition) is 1. The summed E-state index contributed by atoms with van der Waals surface area (Å²) >= 11 is 0. The molecule has 0 spiro atoms. The standard InChI is InChI=1S/C16H27N3O3/c1-3-12(4-2)15(21)16(22)17-11-14(20)19-9-7-18(8-10-19)13-5-6-13/h12-13H,3-11H2,1-2H3,(H,17,22). The van der Waals surface area contributed by atoms with Crippen LogP contribution in [0.2, 0.25) is 0 Å². The van der Waals surface area contributed by atoms with Gasteiger partial charge in [-0.2, -0.15) is 0 Å². The average Bonchev–Trinajstić information content (AvgIpc) is 3.38. The summed E-state index contributed by atoms with van der Waals surface area (Å²) in [5, 5.41) is 2.48. The predicted octanol–water partition coefficient (Wildman–Crippen LogP) is 0.415. The molecule has 0 radical (unpaired) electrons. The van der Waals surface area contributed by atoms with E-state index in [1.165, 1.54) is 12.8 Å². The van der Waals surface area contributed by atoms with Crippen molar-refractivity contribution in [3.8, 4) is 0 Å². The van der Waals surface area contributed by atoms with Gasteiger partial charge in [0.15, 0.2) is 0 Å². The largest absolute Gasteiger partial charge is 0.340 e. The van der Waals surface area contributed by atoms with Gasteiger partial charge in [-0.05, 0) is 25.7 Å². The molecule has 6 heteroatoms. The quantitative estimate of drug-likeness (QED) is 0.692. The first kappa shape index (κ1) is 16.9. The van der Waals surface area contributed by atoms with Gasteiger partial charge in [0.25, 0.3) is 5.91 Å². The van der Waals surface area contributed by atoms with Gasteiger partial charge in [-0.25, -0.2) is 0 Å². The monoisotopic (exact) mass is 309 g/mol. The molecule has 0 unspecified atom stereocenters. The van der Waals surface area contributed by atoms with Crippen LogP contribution in [0.4, 0.5) is 0 Å². The number of amides is 2. The first-order chi connectivity index (χ1) is 10.6. The van der Waals surface area contributed by atoms with Crippen molar-refractivity contribution >= 4 is 17.6 Å². The maximum absolute atomic E-state index is 12.1. The molecule has 0 aromatic heterocycles. The Labute approximate surface area is 132 Å². The second kappa shape index (κ2) is 7.72. The molecule has 2 aliphatic rings. The van der Waals surface area contributed by atoms with Gasteiger partial charge in [-0.3, -0.25) is 19.3 Å². The van der Waals surface area contributed by atoms with Gasteiger partial charge in [0.05, 0.1) is 6.54 Å². The minimum absolute atomic E-state index is 0.0752. The van der Waals surface area contributed by atoms with Crippen LogP contribution >= 0.6 is 0 Å². The summed E-state index contributed by atoms with van der Waals surface area (Å²) in [7, 11) is 0. The van der Waals surface area contributed by atoms with Crippen molar-refractivity contribution in [2.45, 2.75) is 45.6 Å². The smallest absolute Gasteiger partial charge is 0.288 e. The van der Waals surface area contributed by atoms with Gasteiger partial charge in [0.1, 0.15) is 0 Å². The highest BCUT2D eigenvalue weighted by Gasteiger charge is 2.32. The maximum atomic E-state index is 12.1. The molecule has 2 amide bonds. The SMILES string of the molecule is CCC(CC)C(=O)C(=O)NCC(=O)N1CCN(C2CC2)CC1. The van der Waals surface area contributed by atoms with E-state index in [1.807, 2.05) is 13.8 Å². The van der Waals surface area contributed by atoms with E-state index >= 15 is 0 Å². The molecule has 1 saturated heterocycles. The Balaban J connectivity index is 1.71. The Morgan fingerprint density at radius 1 is 1.05 bits per heavy atom. The molecule has 0 aromatic carbocycles. The number of rotatable bonds is 7. The molecule has 0 aromatic rings. The van der Waals surface area contributed by atoms with E-state index in [0.29, 0.717) is 25.9 Å². The lowest BCUT2D eigenvalue weighted by molar-refractivity contribution is -0.141. The van der Waals surface area contributed by atoms with Crippen molar-refractivity contribution in [2.75, 3.05) is 32.7 Å². The normalized spacial score (nSPS) is 19.3. The minimum atomic E-state index is -0.626. The minimum Gasteiger partial charge on any atom is -0.340 e. The fourth-order valence-corrected chi connectivity index (χ4v) is 2.98. The van der Waals surface area contributed by atoms with Crippen LogP contribution in [0.25, 0.3) is 0 Å². The Kier molecular flexibility index (Phi) is 5.94. The van der Waals surface area contributed by atoms with Crippen molar-refractivity contribution in [3.63, 3.8) is 0 Å². The van der Waals surface area contributed by atoms with E-state index in [9.17, 15) is 14.4 Å². The third kappa shape index (κ3) is 4.29. The van der Waals surface area contributed by atoms with E-state index in [4.69, 9.17) is 0 Å². The van der Waals surface area contributed by atoms with Crippen molar-refractivity contribution in [1.82, 2.24) is 15.1 Å². The number of carbonyl (C=O) groups is 3. The molecule has 22 heavy (non-hydrogen) atoms. The lowest BCUT2D eigenvalue weighted by atomic mass is 9.98. The first-order valence-corrected chi connectivity index (χ1v) is 8.40. The van der Waals surface area contributed by atoms with Crippen molar-refractivity contribution in [3.05, 3.63) is 0 Å². The van der Waals surface area contributed by atoms with Gasteiger partial charge >= 0.3 is 0 Å². The van der Waals surface area contributed by atoms with Crippen LogP contribution in [0.5, 0.6) is 0 Å². The Hall–Kier alpha value is -1.43. The fourth-order valence-electron chi connectivity index (χ4n) is 2.98. The number of hydrogen-bond acceptors (Lipinski definition) is 4. The molecule has 1 aliphatic heterocycles. The van der Waals surface area contributed by atoms with E-state index in [1.54, 1.807) is 4.90 Å². The second-order valence-corrected chi connectivity index (χ2v) is 6.21. The summed E-state index contributed by atoms with van der Waals surface area (Å²) < 4.78 is 0. The van der Waals surface area contributed by atoms with Crippen LogP contribution in [0, 0.1) is 5.92 Å². The molecule has 124 valence electrons. The van der Waals surface area contributed by atoms with Gasteiger partial charge in [0, 0.05) is 38.1 Å². The summed E-state index contributed by atoms with van der Waals surface area (Å²) in [4.78, 5) is 40.0. The molecule has 2 rings (SSSR count). The molecular weight excluding hydrogens is 282 g/mol. The molecule has 1 aliphatic carbocycles. The Morgan fingerprint density at radius 2 is 1.64 bits per heavy atom. The number of nitrogens with zero attached hydrogens (tertiary/aromatic N) is 2. The summed E-state index contributed by atoms with van der Waals surface area (Å²) in [6.07, 6.45) is 3.87. The first-order valence-electron chi connectivity index (χ1n) is 8.40. The van der Waals surface area contributed by atoms with E-state index in [-0.39, 0.29) is 18.4 Å². The lowest BCUT2D eigenvalue weighted by Crippen LogP contribution is -2.52. The highest BCUT2D eigenvalue weighted by atomic mass is 16.2. The van der Waals surface area contributed by atoms with Crippen LogP contribution in [-0.4, -0.2) is 66.2 Å². The molecule has 1 saturated carbocycles. The molecule has 1 heterocycles. The number of piperazine rings is 1. The molecular formula is C16H27N3O3. The zero-order valence-corrected chi connectivity index (χ0v) is 13.6. The summed E-state index contributed by atoms with van der Waals surface area (Å²) in [6, 6.07) is 0.731. The summed E-state index contributed by atoms with van der Waals surface area (Å²) in [5.41, 5.74) is 0. The van der Waals surface area contributed by atoms with Crippen LogP contribution in [0.1, 0.15) is 39.5 Å². The average molecular weight is 309 g/mol. The maximum Gasteiger partial charge on any atom is 0.288 e. The highest BCUT2D eigenvalue weighted by Crippen LogP contribution is 2.27. The molecule has 1 N–H and O–H groups in total. The zero-order chi connectivity index (χ0) is 16.1. The molecule has 2 fully saturated rings. The topological polar surface area (TPSA) is 69.7 Å². The molecule has 0 bridgehead atoms. The van der Waals surface area contributed by atoms with Gasteiger partial charge in [-0.1, -0.05) is 13.8 Å². The van der Waals surface area contributed by atoms with Gasteiger partial charge < -0.3 is 10.2 Å². The molecule has 6 nitrogen and oxygen atoms in total. The summed E-state index contributed by atoms with van der Waals surface area (Å²) in [5.74, 6) is -1.37. The highest BCUT2D eigenvalue weighted by molar-refractivity contribution is 6.37. The second-order valence-electron chi connectivity index (χ2n) is 6.21. The zero-order valence-electron chi connectivity index (χ0n) is 13.6.